The predicted octanol–water partition coefficient (Wildman–Crippen LogP) is 3.07. The van der Waals surface area contributed by atoms with Crippen LogP contribution >= 0.6 is 15.9 Å². The Hall–Kier alpha value is -1.57. The van der Waals surface area contributed by atoms with Crippen molar-refractivity contribution in [1.29, 1.82) is 0 Å². The fraction of sp³-hybridized carbons (Fsp3) is 0.200. The third-order valence-electron chi connectivity index (χ3n) is 2.13. The molecular formula is C10H8BrF3N4. The first-order valence-corrected chi connectivity index (χ1v) is 5.66. The van der Waals surface area contributed by atoms with Crippen molar-refractivity contribution in [2.75, 3.05) is 11.9 Å². The highest BCUT2D eigenvalue weighted by atomic mass is 79.9. The summed E-state index contributed by atoms with van der Waals surface area (Å²) < 4.78 is 39.4. The molecule has 0 radical (unpaired) electrons. The van der Waals surface area contributed by atoms with Crippen molar-refractivity contribution < 1.29 is 13.2 Å². The highest BCUT2D eigenvalue weighted by molar-refractivity contribution is 9.11. The quantitative estimate of drug-likeness (QED) is 0.945. The van der Waals surface area contributed by atoms with Gasteiger partial charge in [0.05, 0.1) is 0 Å². The van der Waals surface area contributed by atoms with E-state index in [-0.39, 0.29) is 5.52 Å². The molecule has 96 valence electrons. The van der Waals surface area contributed by atoms with Gasteiger partial charge in [0.15, 0.2) is 11.5 Å². The summed E-state index contributed by atoms with van der Waals surface area (Å²) in [5, 5.41) is 6.32. The number of anilines is 1. The van der Waals surface area contributed by atoms with Crippen LogP contribution in [0.3, 0.4) is 0 Å². The Kier molecular flexibility index (Phi) is 3.29. The van der Waals surface area contributed by atoms with Gasteiger partial charge in [-0.25, -0.2) is 9.50 Å². The normalized spacial score (nSPS) is 11.8. The molecular weight excluding hydrogens is 313 g/mol. The van der Waals surface area contributed by atoms with Gasteiger partial charge in [0.1, 0.15) is 5.52 Å². The Labute approximate surface area is 109 Å². The molecule has 0 aromatic carbocycles. The number of hydrogen-bond donors (Lipinski definition) is 1. The minimum atomic E-state index is -4.47. The number of aromatic nitrogens is 3. The molecule has 18 heavy (non-hydrogen) atoms. The third kappa shape index (κ3) is 2.63. The van der Waals surface area contributed by atoms with Gasteiger partial charge in [0.2, 0.25) is 0 Å². The number of nitrogens with zero attached hydrogens (tertiary/aromatic N) is 3. The van der Waals surface area contributed by atoms with E-state index in [9.17, 15) is 13.2 Å². The summed E-state index contributed by atoms with van der Waals surface area (Å²) in [4.78, 5) is 3.97. The molecule has 0 unspecified atom stereocenters. The number of alkyl halides is 3. The average Bonchev–Trinajstić information content (AvgIpc) is 2.69. The number of hydrogen-bond acceptors (Lipinski definition) is 3. The van der Waals surface area contributed by atoms with Gasteiger partial charge in [-0.05, 0) is 0 Å². The molecule has 0 amide bonds. The summed E-state index contributed by atoms with van der Waals surface area (Å²) in [7, 11) is 0. The second-order valence-corrected chi connectivity index (χ2v) is 4.63. The molecule has 0 atom stereocenters. The first kappa shape index (κ1) is 12.9. The Morgan fingerprint density at radius 2 is 2.22 bits per heavy atom. The third-order valence-corrected chi connectivity index (χ3v) is 2.41. The van der Waals surface area contributed by atoms with E-state index in [1.54, 1.807) is 0 Å². The molecule has 0 aliphatic carbocycles. The summed E-state index contributed by atoms with van der Waals surface area (Å²) in [5.74, 6) is 0.320. The second-order valence-electron chi connectivity index (χ2n) is 3.50. The van der Waals surface area contributed by atoms with Crippen molar-refractivity contribution in [3.8, 4) is 0 Å². The number of rotatable bonds is 3. The standard InChI is InChI=1S/C10H8BrF3N4/c1-6(11)5-16-9-7-4-8(10(12,13)14)17-18(7)3-2-15-9/h2-4H,1,5H2,(H,15,16). The van der Waals surface area contributed by atoms with Gasteiger partial charge >= 0.3 is 6.18 Å². The van der Waals surface area contributed by atoms with Crippen LogP contribution in [0.1, 0.15) is 5.69 Å². The van der Waals surface area contributed by atoms with Gasteiger partial charge < -0.3 is 5.32 Å². The Morgan fingerprint density at radius 1 is 1.50 bits per heavy atom. The molecule has 1 N–H and O–H groups in total. The van der Waals surface area contributed by atoms with Crippen LogP contribution in [0.5, 0.6) is 0 Å². The van der Waals surface area contributed by atoms with Gasteiger partial charge in [-0.15, -0.1) is 0 Å². The topological polar surface area (TPSA) is 42.2 Å². The molecule has 8 heteroatoms. The molecule has 0 saturated carbocycles. The molecule has 0 fully saturated rings. The lowest BCUT2D eigenvalue weighted by atomic mass is 10.3. The van der Waals surface area contributed by atoms with Crippen LogP contribution in [0.2, 0.25) is 0 Å². The van der Waals surface area contributed by atoms with Crippen molar-refractivity contribution in [3.05, 3.63) is 35.2 Å². The molecule has 2 aromatic heterocycles. The van der Waals surface area contributed by atoms with Crippen LogP contribution in [-0.2, 0) is 6.18 Å². The van der Waals surface area contributed by atoms with E-state index in [2.05, 4.69) is 37.9 Å². The lowest BCUT2D eigenvalue weighted by Crippen LogP contribution is -2.05. The summed E-state index contributed by atoms with van der Waals surface area (Å²) in [6.45, 7) is 3.98. The molecule has 0 aliphatic heterocycles. The van der Waals surface area contributed by atoms with Crippen LogP contribution in [0.25, 0.3) is 5.52 Å². The summed E-state index contributed by atoms with van der Waals surface area (Å²) in [6, 6.07) is 0.951. The smallest absolute Gasteiger partial charge is 0.364 e. The molecule has 2 heterocycles. The molecule has 0 saturated heterocycles. The van der Waals surface area contributed by atoms with Gasteiger partial charge in [-0.2, -0.15) is 18.3 Å². The van der Waals surface area contributed by atoms with Gasteiger partial charge in [0.25, 0.3) is 0 Å². The van der Waals surface area contributed by atoms with Gasteiger partial charge in [-0.1, -0.05) is 22.5 Å². The SMILES string of the molecule is C=C(Br)CNc1nccn2nc(C(F)(F)F)cc12. The maximum Gasteiger partial charge on any atom is 0.435 e. The molecule has 2 aromatic rings. The molecule has 2 rings (SSSR count). The maximum absolute atomic E-state index is 12.5. The highest BCUT2D eigenvalue weighted by Crippen LogP contribution is 2.30. The summed E-state index contributed by atoms with van der Waals surface area (Å²) in [6.07, 6.45) is -1.74. The zero-order chi connectivity index (χ0) is 13.3. The predicted molar refractivity (Wildman–Crippen MR) is 64.5 cm³/mol. The van der Waals surface area contributed by atoms with Gasteiger partial charge in [0, 0.05) is 29.5 Å². The van der Waals surface area contributed by atoms with Crippen molar-refractivity contribution in [1.82, 2.24) is 14.6 Å². The zero-order valence-corrected chi connectivity index (χ0v) is 10.6. The van der Waals surface area contributed by atoms with E-state index >= 15 is 0 Å². The second kappa shape index (κ2) is 4.60. The van der Waals surface area contributed by atoms with Crippen LogP contribution in [0.15, 0.2) is 29.5 Å². The minimum absolute atomic E-state index is 0.263. The van der Waals surface area contributed by atoms with Crippen molar-refractivity contribution >= 4 is 27.3 Å². The largest absolute Gasteiger partial charge is 0.435 e. The van der Waals surface area contributed by atoms with Gasteiger partial charge in [-0.3, -0.25) is 0 Å². The van der Waals surface area contributed by atoms with E-state index in [1.807, 2.05) is 0 Å². The first-order valence-electron chi connectivity index (χ1n) is 4.86. The van der Waals surface area contributed by atoms with Crippen molar-refractivity contribution in [3.63, 3.8) is 0 Å². The minimum Gasteiger partial charge on any atom is -0.364 e. The number of nitrogens with one attached hydrogen (secondary N) is 1. The summed E-state index contributed by atoms with van der Waals surface area (Å²) in [5.41, 5.74) is -0.685. The average molecular weight is 321 g/mol. The molecule has 0 aliphatic rings. The Morgan fingerprint density at radius 3 is 2.83 bits per heavy atom. The van der Waals surface area contributed by atoms with Crippen LogP contribution < -0.4 is 5.32 Å². The first-order chi connectivity index (χ1) is 8.38. The van der Waals surface area contributed by atoms with Crippen LogP contribution in [0.4, 0.5) is 19.0 Å². The van der Waals surface area contributed by atoms with E-state index in [1.165, 1.54) is 12.4 Å². The zero-order valence-electron chi connectivity index (χ0n) is 9.00. The number of fused-ring (bicyclic) bond motifs is 1. The van der Waals surface area contributed by atoms with E-state index in [0.29, 0.717) is 16.8 Å². The molecule has 0 bridgehead atoms. The fourth-order valence-corrected chi connectivity index (χ4v) is 1.52. The van der Waals surface area contributed by atoms with Crippen LogP contribution in [-0.4, -0.2) is 21.1 Å². The van der Waals surface area contributed by atoms with E-state index in [0.717, 1.165) is 10.6 Å². The Balaban J connectivity index is 2.42. The lowest BCUT2D eigenvalue weighted by Gasteiger charge is -2.04. The molecule has 0 spiro atoms. The highest BCUT2D eigenvalue weighted by Gasteiger charge is 2.34. The molecule has 4 nitrogen and oxygen atoms in total. The maximum atomic E-state index is 12.5. The number of halogens is 4. The lowest BCUT2D eigenvalue weighted by molar-refractivity contribution is -0.141. The Bertz CT molecular complexity index is 590. The summed E-state index contributed by atoms with van der Waals surface area (Å²) >= 11 is 3.15. The van der Waals surface area contributed by atoms with E-state index in [4.69, 9.17) is 0 Å². The van der Waals surface area contributed by atoms with Crippen molar-refractivity contribution in [2.45, 2.75) is 6.18 Å². The fourth-order valence-electron chi connectivity index (χ4n) is 1.38. The monoisotopic (exact) mass is 320 g/mol. The van der Waals surface area contributed by atoms with Crippen molar-refractivity contribution in [2.24, 2.45) is 0 Å². The van der Waals surface area contributed by atoms with E-state index < -0.39 is 11.9 Å². The van der Waals surface area contributed by atoms with Crippen LogP contribution in [0, 0.1) is 0 Å².